The Hall–Kier alpha value is -2.10. The van der Waals surface area contributed by atoms with Crippen molar-refractivity contribution in [1.29, 1.82) is 0 Å². The van der Waals surface area contributed by atoms with Gasteiger partial charge in [0, 0.05) is 14.1 Å². The fraction of sp³-hybridized carbons (Fsp3) is 0.294. The zero-order valence-corrected chi connectivity index (χ0v) is 17.0. The Bertz CT molecular complexity index is 1010. The number of anilines is 2. The first-order valence-electron chi connectivity index (χ1n) is 7.83. The number of hydrogen-bond acceptors (Lipinski definition) is 4. The molecule has 7 nitrogen and oxygen atoms in total. The minimum atomic E-state index is -3.73. The molecule has 0 atom stereocenters. The van der Waals surface area contributed by atoms with E-state index in [9.17, 15) is 16.8 Å². The molecule has 0 aliphatic carbocycles. The Morgan fingerprint density at radius 2 is 1.23 bits per heavy atom. The van der Waals surface area contributed by atoms with E-state index in [-0.39, 0.29) is 4.90 Å². The van der Waals surface area contributed by atoms with Gasteiger partial charge in [-0.15, -0.1) is 0 Å². The molecule has 26 heavy (non-hydrogen) atoms. The molecule has 0 saturated heterocycles. The van der Waals surface area contributed by atoms with Crippen LogP contribution in [0, 0.1) is 20.8 Å². The average Bonchev–Trinajstić information content (AvgIpc) is 2.52. The van der Waals surface area contributed by atoms with Crippen LogP contribution >= 0.6 is 0 Å². The second kappa shape index (κ2) is 7.26. The zero-order valence-electron chi connectivity index (χ0n) is 15.4. The average molecular weight is 398 g/mol. The van der Waals surface area contributed by atoms with Crippen molar-refractivity contribution in [2.45, 2.75) is 25.7 Å². The van der Waals surface area contributed by atoms with Crippen LogP contribution in [0.1, 0.15) is 16.7 Å². The maximum Gasteiger partial charge on any atom is 0.301 e. The van der Waals surface area contributed by atoms with Gasteiger partial charge in [-0.3, -0.25) is 9.44 Å². The molecule has 2 rings (SSSR count). The van der Waals surface area contributed by atoms with Crippen molar-refractivity contribution in [3.63, 3.8) is 0 Å². The van der Waals surface area contributed by atoms with E-state index in [4.69, 9.17) is 0 Å². The molecule has 9 heteroatoms. The van der Waals surface area contributed by atoms with Crippen LogP contribution in [0.4, 0.5) is 11.4 Å². The lowest BCUT2D eigenvalue weighted by atomic mass is 10.1. The van der Waals surface area contributed by atoms with Crippen molar-refractivity contribution in [3.8, 4) is 0 Å². The fourth-order valence-corrected chi connectivity index (χ4v) is 3.99. The first-order valence-corrected chi connectivity index (χ1v) is 10.8. The summed E-state index contributed by atoms with van der Waals surface area (Å²) >= 11 is 0. The third-order valence-corrected chi connectivity index (χ3v) is 6.69. The standard InChI is InChI=1S/C17H23N3O4S2/c1-12-6-8-15(9-7-12)25(21,22)18-16-10-14(3)17(11-13(16)2)19-26(23,24)20(4)5/h6-11,18-19H,1-5H3. The van der Waals surface area contributed by atoms with E-state index >= 15 is 0 Å². The van der Waals surface area contributed by atoms with E-state index in [1.807, 2.05) is 6.92 Å². The summed E-state index contributed by atoms with van der Waals surface area (Å²) < 4.78 is 55.2. The molecule has 142 valence electrons. The molecule has 0 aromatic heterocycles. The molecule has 0 spiro atoms. The molecular weight excluding hydrogens is 374 g/mol. The molecule has 0 aliphatic rings. The molecule has 2 N–H and O–H groups in total. The normalized spacial score (nSPS) is 12.2. The van der Waals surface area contributed by atoms with Gasteiger partial charge in [-0.25, -0.2) is 8.42 Å². The van der Waals surface area contributed by atoms with Gasteiger partial charge in [0.15, 0.2) is 0 Å². The first-order chi connectivity index (χ1) is 11.9. The predicted molar refractivity (Wildman–Crippen MR) is 104 cm³/mol. The van der Waals surface area contributed by atoms with Gasteiger partial charge in [0.2, 0.25) is 0 Å². The van der Waals surface area contributed by atoms with E-state index < -0.39 is 20.2 Å². The number of rotatable bonds is 6. The number of nitrogens with one attached hydrogen (secondary N) is 2. The lowest BCUT2D eigenvalue weighted by molar-refractivity contribution is 0.526. The van der Waals surface area contributed by atoms with Gasteiger partial charge in [-0.05, 0) is 56.2 Å². The van der Waals surface area contributed by atoms with E-state index in [0.717, 1.165) is 9.87 Å². The van der Waals surface area contributed by atoms with Gasteiger partial charge < -0.3 is 0 Å². The second-order valence-electron chi connectivity index (χ2n) is 6.29. The van der Waals surface area contributed by atoms with Crippen molar-refractivity contribution in [2.24, 2.45) is 0 Å². The summed E-state index contributed by atoms with van der Waals surface area (Å²) in [4.78, 5) is 0.164. The third kappa shape index (κ3) is 4.54. The molecule has 0 radical (unpaired) electrons. The minimum absolute atomic E-state index is 0.164. The number of nitrogens with zero attached hydrogens (tertiary/aromatic N) is 1. The summed E-state index contributed by atoms with van der Waals surface area (Å²) in [7, 11) is -4.52. The van der Waals surface area contributed by atoms with Crippen LogP contribution in [0.2, 0.25) is 0 Å². The number of sulfonamides is 1. The molecule has 2 aromatic carbocycles. The van der Waals surface area contributed by atoms with Crippen molar-refractivity contribution in [2.75, 3.05) is 23.5 Å². The Labute approximate surface area is 155 Å². The smallest absolute Gasteiger partial charge is 0.279 e. The molecule has 0 bridgehead atoms. The van der Waals surface area contributed by atoms with Crippen LogP contribution in [0.25, 0.3) is 0 Å². The number of hydrogen-bond donors (Lipinski definition) is 2. The van der Waals surface area contributed by atoms with Crippen LogP contribution in [0.15, 0.2) is 41.3 Å². The predicted octanol–water partition coefficient (Wildman–Crippen LogP) is 2.63. The van der Waals surface area contributed by atoms with Crippen molar-refractivity contribution < 1.29 is 16.8 Å². The zero-order chi connectivity index (χ0) is 19.7. The SMILES string of the molecule is Cc1ccc(S(=O)(=O)Nc2cc(C)c(NS(=O)(=O)N(C)C)cc2C)cc1. The Kier molecular flexibility index (Phi) is 5.64. The highest BCUT2D eigenvalue weighted by atomic mass is 32.2. The van der Waals surface area contributed by atoms with Crippen LogP contribution in [0.5, 0.6) is 0 Å². The van der Waals surface area contributed by atoms with E-state index in [0.29, 0.717) is 22.5 Å². The molecule has 0 aliphatic heterocycles. The topological polar surface area (TPSA) is 95.6 Å². The van der Waals surface area contributed by atoms with E-state index in [1.54, 1.807) is 50.2 Å². The number of benzene rings is 2. The monoisotopic (exact) mass is 397 g/mol. The molecule has 0 unspecified atom stereocenters. The molecule has 0 heterocycles. The van der Waals surface area contributed by atoms with Crippen LogP contribution in [-0.4, -0.2) is 35.2 Å². The second-order valence-corrected chi connectivity index (χ2v) is 9.86. The summed E-state index contributed by atoms with van der Waals surface area (Å²) in [6.07, 6.45) is 0. The maximum atomic E-state index is 12.6. The fourth-order valence-electron chi connectivity index (χ4n) is 2.19. The van der Waals surface area contributed by atoms with E-state index in [2.05, 4.69) is 9.44 Å². The largest absolute Gasteiger partial charge is 0.301 e. The minimum Gasteiger partial charge on any atom is -0.279 e. The summed E-state index contributed by atoms with van der Waals surface area (Å²) in [5.41, 5.74) is 2.96. The molecular formula is C17H23N3O4S2. The van der Waals surface area contributed by atoms with Gasteiger partial charge in [-0.1, -0.05) is 17.7 Å². The van der Waals surface area contributed by atoms with E-state index in [1.165, 1.54) is 14.1 Å². The van der Waals surface area contributed by atoms with Gasteiger partial charge in [0.05, 0.1) is 16.3 Å². The highest BCUT2D eigenvalue weighted by molar-refractivity contribution is 7.92. The molecule has 0 saturated carbocycles. The van der Waals surface area contributed by atoms with Gasteiger partial charge in [0.1, 0.15) is 0 Å². The van der Waals surface area contributed by atoms with Crippen molar-refractivity contribution in [3.05, 3.63) is 53.1 Å². The lowest BCUT2D eigenvalue weighted by Gasteiger charge is -2.18. The quantitative estimate of drug-likeness (QED) is 0.783. The Morgan fingerprint density at radius 1 is 0.769 bits per heavy atom. The lowest BCUT2D eigenvalue weighted by Crippen LogP contribution is -2.29. The van der Waals surface area contributed by atoms with Crippen LogP contribution in [0.3, 0.4) is 0 Å². The van der Waals surface area contributed by atoms with Crippen LogP contribution in [-0.2, 0) is 20.2 Å². The van der Waals surface area contributed by atoms with Crippen LogP contribution < -0.4 is 9.44 Å². The number of aryl methyl sites for hydroxylation is 3. The molecule has 2 aromatic rings. The van der Waals surface area contributed by atoms with Crippen molar-refractivity contribution >= 4 is 31.6 Å². The summed E-state index contributed by atoms with van der Waals surface area (Å²) in [6.45, 7) is 5.29. The third-order valence-electron chi connectivity index (χ3n) is 3.87. The van der Waals surface area contributed by atoms with Crippen molar-refractivity contribution in [1.82, 2.24) is 4.31 Å². The summed E-state index contributed by atoms with van der Waals surface area (Å²) in [6, 6.07) is 9.74. The Balaban J connectivity index is 2.34. The summed E-state index contributed by atoms with van der Waals surface area (Å²) in [5, 5.41) is 0. The maximum absolute atomic E-state index is 12.6. The highest BCUT2D eigenvalue weighted by Crippen LogP contribution is 2.27. The Morgan fingerprint density at radius 3 is 1.69 bits per heavy atom. The first kappa shape index (κ1) is 20.2. The van der Waals surface area contributed by atoms with Gasteiger partial charge in [-0.2, -0.15) is 12.7 Å². The van der Waals surface area contributed by atoms with Gasteiger partial charge >= 0.3 is 10.2 Å². The highest BCUT2D eigenvalue weighted by Gasteiger charge is 2.18. The summed E-state index contributed by atoms with van der Waals surface area (Å²) in [5.74, 6) is 0. The molecule has 0 amide bonds. The molecule has 0 fully saturated rings. The van der Waals surface area contributed by atoms with Gasteiger partial charge in [0.25, 0.3) is 10.0 Å².